The second-order valence-corrected chi connectivity index (χ2v) is 11.3. The summed E-state index contributed by atoms with van der Waals surface area (Å²) in [6.45, 7) is 2.53. The molecular weight excluding hydrogens is 574 g/mol. The van der Waals surface area contributed by atoms with Crippen molar-refractivity contribution in [3.63, 3.8) is 0 Å². The van der Waals surface area contributed by atoms with Gasteiger partial charge in [-0.1, -0.05) is 48.5 Å². The van der Waals surface area contributed by atoms with Crippen molar-refractivity contribution < 1.29 is 4.79 Å². The largest absolute Gasteiger partial charge is 0.383 e. The van der Waals surface area contributed by atoms with Gasteiger partial charge in [0.15, 0.2) is 11.5 Å². The number of nitrogens with one attached hydrogen (secondary N) is 1. The summed E-state index contributed by atoms with van der Waals surface area (Å²) in [5, 5.41) is 12.2. The van der Waals surface area contributed by atoms with E-state index in [-0.39, 0.29) is 23.3 Å². The monoisotopic (exact) mass is 605 g/mol. The van der Waals surface area contributed by atoms with E-state index in [9.17, 15) is 4.79 Å². The van der Waals surface area contributed by atoms with Gasteiger partial charge in [-0.05, 0) is 66.9 Å². The Balaban J connectivity index is 1.09. The van der Waals surface area contributed by atoms with Crippen molar-refractivity contribution in [1.29, 1.82) is 5.26 Å². The van der Waals surface area contributed by atoms with Gasteiger partial charge in [-0.25, -0.2) is 19.9 Å². The Labute approximate surface area is 266 Å². The summed E-state index contributed by atoms with van der Waals surface area (Å²) in [6.07, 6.45) is 3.36. The van der Waals surface area contributed by atoms with Gasteiger partial charge in [0, 0.05) is 43.1 Å². The number of fused-ring (bicyclic) bond motifs is 1. The van der Waals surface area contributed by atoms with Crippen LogP contribution in [-0.4, -0.2) is 54.4 Å². The Kier molecular flexibility index (Phi) is 7.89. The Morgan fingerprint density at radius 2 is 1.70 bits per heavy atom. The van der Waals surface area contributed by atoms with E-state index in [0.29, 0.717) is 11.6 Å². The molecule has 10 heteroatoms. The lowest BCUT2D eigenvalue weighted by Crippen LogP contribution is -2.44. The van der Waals surface area contributed by atoms with Crippen LogP contribution in [-0.2, 0) is 6.54 Å². The summed E-state index contributed by atoms with van der Waals surface area (Å²) in [7, 11) is 0. The third-order valence-corrected chi connectivity index (χ3v) is 8.27. The lowest BCUT2D eigenvalue weighted by Gasteiger charge is -2.32. The maximum atomic E-state index is 12.7. The molecule has 226 valence electrons. The van der Waals surface area contributed by atoms with Gasteiger partial charge in [0.1, 0.15) is 28.8 Å². The van der Waals surface area contributed by atoms with Crippen molar-refractivity contribution in [1.82, 2.24) is 34.7 Å². The van der Waals surface area contributed by atoms with Gasteiger partial charge in [0.05, 0.1) is 11.3 Å². The number of amides is 1. The number of nitrogens with zero attached hydrogens (tertiary/aromatic N) is 7. The molecule has 1 saturated heterocycles. The Morgan fingerprint density at radius 1 is 0.891 bits per heavy atom. The highest BCUT2D eigenvalue weighted by Gasteiger charge is 2.23. The van der Waals surface area contributed by atoms with Crippen molar-refractivity contribution in [3.8, 4) is 34.4 Å². The molecule has 0 saturated carbocycles. The smallest absolute Gasteiger partial charge is 0.270 e. The number of pyridine rings is 3. The predicted molar refractivity (Wildman–Crippen MR) is 177 cm³/mol. The van der Waals surface area contributed by atoms with Crippen molar-refractivity contribution in [2.24, 2.45) is 0 Å². The molecule has 46 heavy (non-hydrogen) atoms. The molecule has 1 aliphatic rings. The number of nitrogens with two attached hydrogens (primary N) is 1. The van der Waals surface area contributed by atoms with Crippen LogP contribution in [0.25, 0.3) is 39.5 Å². The number of carbonyl (C=O) groups excluding carboxylic acids is 1. The summed E-state index contributed by atoms with van der Waals surface area (Å²) in [5.41, 5.74) is 13.1. The van der Waals surface area contributed by atoms with Crippen LogP contribution in [0.4, 0.5) is 5.82 Å². The molecule has 4 aromatic heterocycles. The fourth-order valence-electron chi connectivity index (χ4n) is 5.89. The number of nitriles is 1. The van der Waals surface area contributed by atoms with Gasteiger partial charge >= 0.3 is 0 Å². The number of hydrogen-bond donors (Lipinski definition) is 2. The molecule has 0 atom stereocenters. The summed E-state index contributed by atoms with van der Waals surface area (Å²) in [5.74, 6) is 0.853. The second-order valence-electron chi connectivity index (χ2n) is 11.3. The van der Waals surface area contributed by atoms with Crippen LogP contribution >= 0.6 is 0 Å². The van der Waals surface area contributed by atoms with Crippen LogP contribution < -0.4 is 11.1 Å². The highest BCUT2D eigenvalue weighted by molar-refractivity contribution is 5.92. The van der Waals surface area contributed by atoms with Crippen molar-refractivity contribution in [2.75, 3.05) is 18.8 Å². The standard InChI is InChI=1S/C36H31N9O/c37-22-27-8-4-10-32(40-27)36(46)41-26-17-20-44(21-18-26)23-24-11-13-28(14-12-24)45-34(29-9-5-19-39-33(29)38)43-31-16-15-30(42-35(31)45)25-6-2-1-3-7-25/h1-16,19,26H,17-18,20-21,23H2,(H2,38,39)(H,41,46). The van der Waals surface area contributed by atoms with E-state index in [1.165, 1.54) is 5.56 Å². The third kappa shape index (κ3) is 5.92. The highest BCUT2D eigenvalue weighted by Crippen LogP contribution is 2.32. The molecule has 6 aromatic rings. The van der Waals surface area contributed by atoms with E-state index < -0.39 is 0 Å². The van der Waals surface area contributed by atoms with Crippen molar-refractivity contribution >= 4 is 22.9 Å². The van der Waals surface area contributed by atoms with E-state index in [2.05, 4.69) is 44.5 Å². The van der Waals surface area contributed by atoms with Gasteiger partial charge in [0.25, 0.3) is 5.91 Å². The highest BCUT2D eigenvalue weighted by atomic mass is 16.1. The topological polar surface area (TPSA) is 139 Å². The number of benzene rings is 2. The number of carbonyl (C=O) groups is 1. The number of nitrogen functional groups attached to an aromatic ring is 1. The fourth-order valence-corrected chi connectivity index (χ4v) is 5.89. The summed E-state index contributed by atoms with van der Waals surface area (Å²) < 4.78 is 2.05. The molecule has 0 radical (unpaired) electrons. The number of hydrogen-bond acceptors (Lipinski definition) is 8. The minimum absolute atomic E-state index is 0.0693. The molecule has 0 bridgehead atoms. The van der Waals surface area contributed by atoms with Crippen LogP contribution in [0.1, 0.15) is 34.6 Å². The zero-order valence-corrected chi connectivity index (χ0v) is 25.0. The molecule has 2 aromatic carbocycles. The molecule has 0 unspecified atom stereocenters. The maximum Gasteiger partial charge on any atom is 0.270 e. The predicted octanol–water partition coefficient (Wildman–Crippen LogP) is 5.39. The maximum absolute atomic E-state index is 12.7. The van der Waals surface area contributed by atoms with Crippen LogP contribution in [0, 0.1) is 11.3 Å². The van der Waals surface area contributed by atoms with Crippen LogP contribution in [0.5, 0.6) is 0 Å². The quantitative estimate of drug-likeness (QED) is 0.247. The van der Waals surface area contributed by atoms with Crippen LogP contribution in [0.2, 0.25) is 0 Å². The molecular formula is C36H31N9O. The van der Waals surface area contributed by atoms with E-state index >= 15 is 0 Å². The Morgan fingerprint density at radius 3 is 2.46 bits per heavy atom. The number of aromatic nitrogens is 5. The average Bonchev–Trinajstić information content (AvgIpc) is 3.48. The first-order chi connectivity index (χ1) is 22.6. The lowest BCUT2D eigenvalue weighted by molar-refractivity contribution is 0.0904. The first-order valence-corrected chi connectivity index (χ1v) is 15.2. The number of rotatable bonds is 7. The number of imidazole rings is 1. The van der Waals surface area contributed by atoms with Crippen LogP contribution in [0.15, 0.2) is 103 Å². The summed E-state index contributed by atoms with van der Waals surface area (Å²) >= 11 is 0. The number of likely N-dealkylation sites (tertiary alicyclic amines) is 1. The summed E-state index contributed by atoms with van der Waals surface area (Å²) in [4.78, 5) is 33.5. The van der Waals surface area contributed by atoms with E-state index in [1.807, 2.05) is 65.2 Å². The van der Waals surface area contributed by atoms with E-state index in [0.717, 1.165) is 66.1 Å². The molecule has 10 nitrogen and oxygen atoms in total. The molecule has 3 N–H and O–H groups in total. The normalized spacial score (nSPS) is 13.8. The molecule has 1 amide bonds. The number of piperidine rings is 1. The Hall–Kier alpha value is -5.92. The zero-order valence-electron chi connectivity index (χ0n) is 25.0. The third-order valence-electron chi connectivity index (χ3n) is 8.27. The molecule has 0 aliphatic carbocycles. The van der Waals surface area contributed by atoms with Gasteiger partial charge < -0.3 is 11.1 Å². The second kappa shape index (κ2) is 12.6. The number of anilines is 1. The Bertz CT molecular complexity index is 2060. The van der Waals surface area contributed by atoms with Gasteiger partial charge in [-0.3, -0.25) is 14.3 Å². The molecule has 0 spiro atoms. The van der Waals surface area contributed by atoms with E-state index in [4.69, 9.17) is 21.0 Å². The average molecular weight is 606 g/mol. The van der Waals surface area contributed by atoms with Crippen molar-refractivity contribution in [2.45, 2.75) is 25.4 Å². The van der Waals surface area contributed by atoms with E-state index in [1.54, 1.807) is 24.4 Å². The fraction of sp³-hybridized carbons (Fsp3) is 0.167. The summed E-state index contributed by atoms with van der Waals surface area (Å²) in [6, 6.07) is 33.3. The minimum Gasteiger partial charge on any atom is -0.383 e. The first kappa shape index (κ1) is 28.8. The SMILES string of the molecule is N#Cc1cccc(C(=O)NC2CCN(Cc3ccc(-n4c(-c5cccnc5N)nc5ccc(-c6ccccc6)nc54)cc3)CC2)n1. The molecule has 5 heterocycles. The van der Waals surface area contributed by atoms with Gasteiger partial charge in [-0.2, -0.15) is 5.26 Å². The molecule has 1 fully saturated rings. The van der Waals surface area contributed by atoms with Gasteiger partial charge in [0.2, 0.25) is 0 Å². The zero-order chi connectivity index (χ0) is 31.5. The van der Waals surface area contributed by atoms with Crippen molar-refractivity contribution in [3.05, 3.63) is 120 Å². The lowest BCUT2D eigenvalue weighted by atomic mass is 10.0. The minimum atomic E-state index is -0.240. The van der Waals surface area contributed by atoms with Crippen LogP contribution in [0.3, 0.4) is 0 Å². The molecule has 1 aliphatic heterocycles. The first-order valence-electron chi connectivity index (χ1n) is 15.2. The van der Waals surface area contributed by atoms with Gasteiger partial charge in [-0.15, -0.1) is 0 Å². The molecule has 7 rings (SSSR count).